The first-order valence-corrected chi connectivity index (χ1v) is 15.4. The summed E-state index contributed by atoms with van der Waals surface area (Å²) in [6.45, 7) is 4.56. The highest BCUT2D eigenvalue weighted by atomic mass is 35.5. The summed E-state index contributed by atoms with van der Waals surface area (Å²) in [7, 11) is -4.43. The second-order valence-electron chi connectivity index (χ2n) is 8.45. The topological polar surface area (TPSA) is 152 Å². The number of aliphatic hydroxyl groups is 1. The minimum atomic E-state index is -4.43. The van der Waals surface area contributed by atoms with Crippen LogP contribution < -0.4 is 19.8 Å². The van der Waals surface area contributed by atoms with E-state index in [0.29, 0.717) is 36.1 Å². The number of anilines is 3. The van der Waals surface area contributed by atoms with Gasteiger partial charge in [0.1, 0.15) is 11.0 Å². The number of alkyl halides is 2. The minimum absolute atomic E-state index is 0.0133. The fourth-order valence-corrected chi connectivity index (χ4v) is 6.74. The van der Waals surface area contributed by atoms with Gasteiger partial charge in [0, 0.05) is 37.3 Å². The Bertz CT molecular complexity index is 1400. The van der Waals surface area contributed by atoms with Crippen LogP contribution in [0.5, 0.6) is 5.75 Å². The van der Waals surface area contributed by atoms with Crippen molar-refractivity contribution in [2.75, 3.05) is 53.6 Å². The van der Waals surface area contributed by atoms with E-state index in [-0.39, 0.29) is 41.6 Å². The maximum Gasteiger partial charge on any atom is 0.328 e. The molecule has 11 nitrogen and oxygen atoms in total. The molecule has 1 aromatic heterocycles. The SMILES string of the molecule is C=NN(CCO)c1ccc(CC(c2ccsc2[N+](=O)[O-])S(=O)(=O)Oc2ccc(N(CCCl)CCCl)cc2)cc1N. The van der Waals surface area contributed by atoms with Gasteiger partial charge in [-0.15, -0.1) is 23.2 Å². The molecule has 3 N–H and O–H groups in total. The number of rotatable bonds is 16. The smallest absolute Gasteiger partial charge is 0.328 e. The number of aliphatic hydroxyl groups excluding tert-OH is 1. The molecule has 0 fully saturated rings. The van der Waals surface area contributed by atoms with Crippen LogP contribution in [0.2, 0.25) is 0 Å². The van der Waals surface area contributed by atoms with Gasteiger partial charge in [-0.25, -0.2) is 0 Å². The number of nitrogen functional groups attached to an aromatic ring is 1. The fraction of sp³-hybridized carbons (Fsp3) is 0.320. The summed E-state index contributed by atoms with van der Waals surface area (Å²) in [5.74, 6) is 0.828. The Balaban J connectivity index is 1.95. The minimum Gasteiger partial charge on any atom is -0.397 e. The molecule has 2 aromatic carbocycles. The number of hydrazone groups is 1. The van der Waals surface area contributed by atoms with Crippen LogP contribution in [0, 0.1) is 10.1 Å². The second kappa shape index (κ2) is 14.5. The van der Waals surface area contributed by atoms with Crippen LogP contribution in [0.25, 0.3) is 0 Å². The number of halogens is 2. The van der Waals surface area contributed by atoms with Gasteiger partial charge in [0.2, 0.25) is 0 Å². The lowest BCUT2D eigenvalue weighted by Gasteiger charge is -2.23. The zero-order valence-corrected chi connectivity index (χ0v) is 24.5. The molecule has 0 aliphatic heterocycles. The summed E-state index contributed by atoms with van der Waals surface area (Å²) >= 11 is 12.6. The van der Waals surface area contributed by atoms with Gasteiger partial charge in [0.15, 0.2) is 0 Å². The Morgan fingerprint density at radius 1 is 1.12 bits per heavy atom. The largest absolute Gasteiger partial charge is 0.397 e. The summed E-state index contributed by atoms with van der Waals surface area (Å²) in [5, 5.41) is 26.0. The molecular formula is C25H29Cl2N5O6S2. The van der Waals surface area contributed by atoms with E-state index in [1.54, 1.807) is 30.3 Å². The van der Waals surface area contributed by atoms with Gasteiger partial charge in [-0.3, -0.25) is 15.1 Å². The van der Waals surface area contributed by atoms with E-state index in [1.807, 2.05) is 4.90 Å². The highest BCUT2D eigenvalue weighted by Gasteiger charge is 2.36. The molecule has 3 aromatic rings. The lowest BCUT2D eigenvalue weighted by Crippen LogP contribution is -2.27. The number of benzene rings is 2. The van der Waals surface area contributed by atoms with Crippen molar-refractivity contribution >= 4 is 73.4 Å². The van der Waals surface area contributed by atoms with E-state index < -0.39 is 20.3 Å². The van der Waals surface area contributed by atoms with Crippen molar-refractivity contribution in [1.82, 2.24) is 0 Å². The van der Waals surface area contributed by atoms with Crippen LogP contribution >= 0.6 is 34.5 Å². The Hall–Kier alpha value is -3.10. The van der Waals surface area contributed by atoms with Gasteiger partial charge in [-0.2, -0.15) is 13.5 Å². The van der Waals surface area contributed by atoms with Gasteiger partial charge in [0.25, 0.3) is 0 Å². The van der Waals surface area contributed by atoms with Crippen LogP contribution in [0.3, 0.4) is 0 Å². The summed E-state index contributed by atoms with van der Waals surface area (Å²) < 4.78 is 32.7. The molecule has 0 aliphatic rings. The van der Waals surface area contributed by atoms with Crippen molar-refractivity contribution in [3.8, 4) is 5.75 Å². The Kier molecular flexibility index (Phi) is 11.4. The summed E-state index contributed by atoms with van der Waals surface area (Å²) in [6.07, 6.45) is -0.150. The summed E-state index contributed by atoms with van der Waals surface area (Å²) in [5.41, 5.74) is 8.24. The maximum atomic E-state index is 13.6. The van der Waals surface area contributed by atoms with Crippen molar-refractivity contribution in [3.63, 3.8) is 0 Å². The van der Waals surface area contributed by atoms with Crippen LogP contribution in [-0.4, -0.2) is 63.2 Å². The van der Waals surface area contributed by atoms with Crippen molar-refractivity contribution < 1.29 is 22.6 Å². The van der Waals surface area contributed by atoms with Crippen molar-refractivity contribution in [2.24, 2.45) is 5.10 Å². The Labute approximate surface area is 246 Å². The number of hydrogen-bond donors (Lipinski definition) is 2. The molecular weight excluding hydrogens is 601 g/mol. The van der Waals surface area contributed by atoms with Crippen LogP contribution in [0.1, 0.15) is 16.4 Å². The van der Waals surface area contributed by atoms with E-state index in [9.17, 15) is 23.6 Å². The summed E-state index contributed by atoms with van der Waals surface area (Å²) in [6, 6.07) is 12.6. The quantitative estimate of drug-likeness (QED) is 0.0577. The highest BCUT2D eigenvalue weighted by molar-refractivity contribution is 7.87. The first-order chi connectivity index (χ1) is 19.1. The molecule has 0 saturated heterocycles. The molecule has 3 rings (SSSR count). The van der Waals surface area contributed by atoms with Crippen LogP contribution in [-0.2, 0) is 16.5 Å². The predicted molar refractivity (Wildman–Crippen MR) is 162 cm³/mol. The van der Waals surface area contributed by atoms with Gasteiger partial charge in [0.05, 0.1) is 35.0 Å². The molecule has 1 atom stereocenters. The molecule has 0 aliphatic carbocycles. The fourth-order valence-electron chi connectivity index (χ4n) is 4.09. The van der Waals surface area contributed by atoms with Crippen LogP contribution in [0.15, 0.2) is 59.0 Å². The zero-order valence-electron chi connectivity index (χ0n) is 21.4. The molecule has 1 unspecified atom stereocenters. The van der Waals surface area contributed by atoms with Gasteiger partial charge >= 0.3 is 15.1 Å². The highest BCUT2D eigenvalue weighted by Crippen LogP contribution is 2.39. The number of thiophene rings is 1. The lowest BCUT2D eigenvalue weighted by atomic mass is 10.0. The molecule has 216 valence electrons. The third-order valence-corrected chi connectivity index (χ3v) is 8.69. The molecule has 1 heterocycles. The van der Waals surface area contributed by atoms with Crippen molar-refractivity contribution in [2.45, 2.75) is 11.7 Å². The van der Waals surface area contributed by atoms with E-state index in [0.717, 1.165) is 17.0 Å². The lowest BCUT2D eigenvalue weighted by molar-refractivity contribution is -0.380. The van der Waals surface area contributed by atoms with E-state index in [1.165, 1.54) is 28.6 Å². The van der Waals surface area contributed by atoms with Gasteiger partial charge < -0.3 is 19.9 Å². The Morgan fingerprint density at radius 2 is 1.80 bits per heavy atom. The predicted octanol–water partition coefficient (Wildman–Crippen LogP) is 4.63. The molecule has 0 radical (unpaired) electrons. The van der Waals surface area contributed by atoms with E-state index in [2.05, 4.69) is 11.8 Å². The van der Waals surface area contributed by atoms with E-state index >= 15 is 0 Å². The third kappa shape index (κ3) is 7.76. The van der Waals surface area contributed by atoms with Crippen molar-refractivity contribution in [1.29, 1.82) is 0 Å². The number of nitro groups is 1. The first-order valence-electron chi connectivity index (χ1n) is 12.0. The van der Waals surface area contributed by atoms with Gasteiger partial charge in [-0.05, 0) is 59.8 Å². The normalized spacial score (nSPS) is 12.1. The first kappa shape index (κ1) is 31.4. The zero-order chi connectivity index (χ0) is 29.3. The number of hydrogen-bond acceptors (Lipinski definition) is 11. The van der Waals surface area contributed by atoms with Crippen molar-refractivity contribution in [3.05, 3.63) is 75.2 Å². The maximum absolute atomic E-state index is 13.6. The van der Waals surface area contributed by atoms with E-state index in [4.69, 9.17) is 33.1 Å². The average molecular weight is 631 g/mol. The molecule has 15 heteroatoms. The average Bonchev–Trinajstić information content (AvgIpc) is 3.41. The monoisotopic (exact) mass is 629 g/mol. The molecule has 0 saturated carbocycles. The number of nitrogens with zero attached hydrogens (tertiary/aromatic N) is 4. The molecule has 0 spiro atoms. The molecule has 0 bridgehead atoms. The second-order valence-corrected chi connectivity index (χ2v) is 11.8. The molecule has 0 amide bonds. The van der Waals surface area contributed by atoms with Gasteiger partial charge in [-0.1, -0.05) is 17.4 Å². The van der Waals surface area contributed by atoms with Crippen LogP contribution in [0.4, 0.5) is 22.1 Å². The summed E-state index contributed by atoms with van der Waals surface area (Å²) in [4.78, 5) is 13.0. The molecule has 40 heavy (non-hydrogen) atoms. The number of nitrogens with two attached hydrogens (primary N) is 1. The Morgan fingerprint density at radius 3 is 2.35 bits per heavy atom. The standard InChI is InChI=1S/C25H29Cl2N5O6S2/c1-29-31(13-14-33)23-7-2-18(16-22(23)28)17-24(21-8-15-39-25(21)32(34)35)40(36,37)38-20-5-3-19(4-6-20)30(11-9-26)12-10-27/h2-8,15-16,24,33H,1,9-14,17,28H2. The third-order valence-electron chi connectivity index (χ3n) is 5.93.